The lowest BCUT2D eigenvalue weighted by atomic mass is 9.90. The fourth-order valence-corrected chi connectivity index (χ4v) is 3.11. The minimum atomic E-state index is -0.571. The lowest BCUT2D eigenvalue weighted by Crippen LogP contribution is -2.34. The zero-order chi connectivity index (χ0) is 16.8. The van der Waals surface area contributed by atoms with Gasteiger partial charge >= 0.3 is 0 Å². The number of carbonyl (C=O) groups is 1. The van der Waals surface area contributed by atoms with Crippen molar-refractivity contribution in [3.8, 4) is 5.75 Å². The van der Waals surface area contributed by atoms with Crippen molar-refractivity contribution in [2.75, 3.05) is 13.2 Å². The maximum atomic E-state index is 12.2. The second kappa shape index (κ2) is 7.97. The van der Waals surface area contributed by atoms with Crippen molar-refractivity contribution >= 4 is 5.91 Å². The Hall–Kier alpha value is -2.33. The van der Waals surface area contributed by atoms with Crippen LogP contribution in [0.4, 0.5) is 0 Å². The number of nitrogens with one attached hydrogen (secondary N) is 1. The largest absolute Gasteiger partial charge is 0.493 e. The van der Waals surface area contributed by atoms with Crippen LogP contribution in [-0.4, -0.2) is 30.3 Å². The Morgan fingerprint density at radius 3 is 2.75 bits per heavy atom. The molecule has 0 saturated heterocycles. The van der Waals surface area contributed by atoms with E-state index in [-0.39, 0.29) is 18.4 Å². The molecule has 2 unspecified atom stereocenters. The SMILES string of the molecule is O=C(CC1CCOc2ccccc21)NCC(O)Cc1ccccc1. The van der Waals surface area contributed by atoms with Gasteiger partial charge in [0, 0.05) is 19.4 Å². The van der Waals surface area contributed by atoms with E-state index in [4.69, 9.17) is 4.74 Å². The highest BCUT2D eigenvalue weighted by atomic mass is 16.5. The number of para-hydroxylation sites is 1. The molecule has 4 nitrogen and oxygen atoms in total. The van der Waals surface area contributed by atoms with Gasteiger partial charge in [-0.15, -0.1) is 0 Å². The lowest BCUT2D eigenvalue weighted by molar-refractivity contribution is -0.122. The zero-order valence-corrected chi connectivity index (χ0v) is 13.7. The van der Waals surface area contributed by atoms with Gasteiger partial charge in [0.1, 0.15) is 5.75 Å². The third-order valence-electron chi connectivity index (χ3n) is 4.36. The van der Waals surface area contributed by atoms with Crippen LogP contribution in [0.5, 0.6) is 5.75 Å². The summed E-state index contributed by atoms with van der Waals surface area (Å²) in [5.41, 5.74) is 2.17. The second-order valence-electron chi connectivity index (χ2n) is 6.22. The zero-order valence-electron chi connectivity index (χ0n) is 13.7. The van der Waals surface area contributed by atoms with E-state index in [1.165, 1.54) is 0 Å². The van der Waals surface area contributed by atoms with Crippen LogP contribution in [0.3, 0.4) is 0 Å². The minimum absolute atomic E-state index is 0.0242. The third kappa shape index (κ3) is 4.36. The van der Waals surface area contributed by atoms with Gasteiger partial charge in [-0.3, -0.25) is 4.79 Å². The van der Waals surface area contributed by atoms with Crippen molar-refractivity contribution in [3.63, 3.8) is 0 Å². The fraction of sp³-hybridized carbons (Fsp3) is 0.350. The standard InChI is InChI=1S/C20H23NO3/c22-17(12-15-6-2-1-3-7-15)14-21-20(23)13-16-10-11-24-19-9-5-4-8-18(16)19/h1-9,16-17,22H,10-14H2,(H,21,23). The van der Waals surface area contributed by atoms with Crippen LogP contribution >= 0.6 is 0 Å². The van der Waals surface area contributed by atoms with E-state index in [1.807, 2.05) is 54.6 Å². The molecule has 3 rings (SSSR count). The molecule has 1 aliphatic rings. The van der Waals surface area contributed by atoms with Crippen LogP contribution in [0.2, 0.25) is 0 Å². The molecule has 0 saturated carbocycles. The van der Waals surface area contributed by atoms with E-state index in [0.29, 0.717) is 19.4 Å². The molecule has 2 aromatic rings. The van der Waals surface area contributed by atoms with Crippen LogP contribution in [0.1, 0.15) is 29.9 Å². The normalized spacial score (nSPS) is 17.5. The fourth-order valence-electron chi connectivity index (χ4n) is 3.11. The first-order valence-corrected chi connectivity index (χ1v) is 8.43. The van der Waals surface area contributed by atoms with E-state index in [9.17, 15) is 9.90 Å². The van der Waals surface area contributed by atoms with Gasteiger partial charge in [0.05, 0.1) is 12.7 Å². The van der Waals surface area contributed by atoms with E-state index >= 15 is 0 Å². The number of rotatable bonds is 6. The van der Waals surface area contributed by atoms with Gasteiger partial charge in [-0.05, 0) is 29.5 Å². The van der Waals surface area contributed by atoms with Gasteiger partial charge in [-0.2, -0.15) is 0 Å². The van der Waals surface area contributed by atoms with Crippen LogP contribution in [0, 0.1) is 0 Å². The van der Waals surface area contributed by atoms with Crippen molar-refractivity contribution in [1.82, 2.24) is 5.32 Å². The summed E-state index contributed by atoms with van der Waals surface area (Å²) in [5.74, 6) is 1.04. The Labute approximate surface area is 142 Å². The number of hydrogen-bond acceptors (Lipinski definition) is 3. The van der Waals surface area contributed by atoms with E-state index in [0.717, 1.165) is 23.3 Å². The predicted molar refractivity (Wildman–Crippen MR) is 93.1 cm³/mol. The smallest absolute Gasteiger partial charge is 0.220 e. The number of aliphatic hydroxyl groups excluding tert-OH is 1. The molecule has 2 aromatic carbocycles. The van der Waals surface area contributed by atoms with Gasteiger partial charge in [0.25, 0.3) is 0 Å². The predicted octanol–water partition coefficient (Wildman–Crippen LogP) is 2.66. The van der Waals surface area contributed by atoms with Crippen molar-refractivity contribution in [2.45, 2.75) is 31.3 Å². The molecule has 4 heteroatoms. The van der Waals surface area contributed by atoms with Crippen molar-refractivity contribution in [2.24, 2.45) is 0 Å². The molecule has 1 heterocycles. The summed E-state index contributed by atoms with van der Waals surface area (Å²) in [7, 11) is 0. The number of amides is 1. The lowest BCUT2D eigenvalue weighted by Gasteiger charge is -2.25. The topological polar surface area (TPSA) is 58.6 Å². The maximum Gasteiger partial charge on any atom is 0.220 e. The molecule has 1 amide bonds. The van der Waals surface area contributed by atoms with Gasteiger partial charge in [-0.1, -0.05) is 48.5 Å². The van der Waals surface area contributed by atoms with E-state index < -0.39 is 6.10 Å². The first-order chi connectivity index (χ1) is 11.7. The van der Waals surface area contributed by atoms with Gasteiger partial charge in [-0.25, -0.2) is 0 Å². The molecular weight excluding hydrogens is 302 g/mol. The second-order valence-corrected chi connectivity index (χ2v) is 6.22. The van der Waals surface area contributed by atoms with E-state index in [1.54, 1.807) is 0 Å². The number of benzene rings is 2. The average Bonchev–Trinajstić information content (AvgIpc) is 2.61. The third-order valence-corrected chi connectivity index (χ3v) is 4.36. The molecular formula is C20H23NO3. The van der Waals surface area contributed by atoms with Crippen molar-refractivity contribution in [3.05, 3.63) is 65.7 Å². The minimum Gasteiger partial charge on any atom is -0.493 e. The molecule has 0 aliphatic carbocycles. The molecule has 24 heavy (non-hydrogen) atoms. The van der Waals surface area contributed by atoms with Crippen LogP contribution < -0.4 is 10.1 Å². The number of carbonyl (C=O) groups excluding carboxylic acids is 1. The van der Waals surface area contributed by atoms with E-state index in [2.05, 4.69) is 5.32 Å². The van der Waals surface area contributed by atoms with Crippen LogP contribution in [-0.2, 0) is 11.2 Å². The summed E-state index contributed by atoms with van der Waals surface area (Å²) in [5, 5.41) is 12.9. The molecule has 2 atom stereocenters. The van der Waals surface area contributed by atoms with Crippen LogP contribution in [0.25, 0.3) is 0 Å². The Balaban J connectivity index is 1.48. The van der Waals surface area contributed by atoms with Crippen molar-refractivity contribution in [1.29, 1.82) is 0 Å². The summed E-state index contributed by atoms with van der Waals surface area (Å²) in [6.45, 7) is 0.921. The number of fused-ring (bicyclic) bond motifs is 1. The maximum absolute atomic E-state index is 12.2. The average molecular weight is 325 g/mol. The summed E-state index contributed by atoms with van der Waals surface area (Å²) >= 11 is 0. The molecule has 2 N–H and O–H groups in total. The first-order valence-electron chi connectivity index (χ1n) is 8.43. The highest BCUT2D eigenvalue weighted by Crippen LogP contribution is 2.35. The summed E-state index contributed by atoms with van der Waals surface area (Å²) in [6, 6.07) is 17.7. The number of aliphatic hydroxyl groups is 1. The molecule has 126 valence electrons. The molecule has 1 aliphatic heterocycles. The quantitative estimate of drug-likeness (QED) is 0.858. The van der Waals surface area contributed by atoms with Crippen molar-refractivity contribution < 1.29 is 14.6 Å². The Morgan fingerprint density at radius 1 is 1.17 bits per heavy atom. The van der Waals surface area contributed by atoms with Gasteiger partial charge in [0.15, 0.2) is 0 Å². The summed E-state index contributed by atoms with van der Waals surface area (Å²) < 4.78 is 5.63. The Morgan fingerprint density at radius 2 is 1.92 bits per heavy atom. The van der Waals surface area contributed by atoms with Crippen LogP contribution in [0.15, 0.2) is 54.6 Å². The Bertz CT molecular complexity index is 672. The number of hydrogen-bond donors (Lipinski definition) is 2. The summed E-state index contributed by atoms with van der Waals surface area (Å²) in [6.07, 6.45) is 1.25. The highest BCUT2D eigenvalue weighted by Gasteiger charge is 2.23. The first kappa shape index (κ1) is 16.5. The molecule has 0 spiro atoms. The monoisotopic (exact) mass is 325 g/mol. The molecule has 0 fully saturated rings. The Kier molecular flexibility index (Phi) is 5.49. The number of ether oxygens (including phenoxy) is 1. The molecule has 0 radical (unpaired) electrons. The van der Waals surface area contributed by atoms with Gasteiger partial charge in [0.2, 0.25) is 5.91 Å². The molecule has 0 aromatic heterocycles. The van der Waals surface area contributed by atoms with Gasteiger partial charge < -0.3 is 15.2 Å². The molecule has 0 bridgehead atoms. The summed E-state index contributed by atoms with van der Waals surface area (Å²) in [4.78, 5) is 12.2. The highest BCUT2D eigenvalue weighted by molar-refractivity contribution is 5.77.